The highest BCUT2D eigenvalue weighted by Crippen LogP contribution is 2.60. The van der Waals surface area contributed by atoms with Crippen LogP contribution in [0.4, 0.5) is 0 Å². The van der Waals surface area contributed by atoms with Gasteiger partial charge in [-0.2, -0.15) is 0 Å². The molecular formula is C20H34O2. The normalized spacial score (nSPS) is 38.4. The molecule has 1 fully saturated rings. The van der Waals surface area contributed by atoms with E-state index in [2.05, 4.69) is 40.7 Å². The summed E-state index contributed by atoms with van der Waals surface area (Å²) in [5.74, 6) is 1.15. The summed E-state index contributed by atoms with van der Waals surface area (Å²) in [6, 6.07) is 0. The average molecular weight is 306 g/mol. The number of hydrogen-bond acceptors (Lipinski definition) is 2. The maximum atomic E-state index is 10.5. The van der Waals surface area contributed by atoms with E-state index in [1.54, 1.807) is 0 Å². The number of fused-ring (bicyclic) bond motifs is 1. The predicted molar refractivity (Wildman–Crippen MR) is 92.6 cm³/mol. The summed E-state index contributed by atoms with van der Waals surface area (Å²) < 4.78 is 0. The second-order valence-corrected chi connectivity index (χ2v) is 8.44. The Morgan fingerprint density at radius 1 is 1.36 bits per heavy atom. The molecule has 0 saturated heterocycles. The van der Waals surface area contributed by atoms with Gasteiger partial charge < -0.3 is 10.2 Å². The van der Waals surface area contributed by atoms with Gasteiger partial charge in [0.25, 0.3) is 0 Å². The summed E-state index contributed by atoms with van der Waals surface area (Å²) in [7, 11) is 0. The van der Waals surface area contributed by atoms with Gasteiger partial charge in [-0.25, -0.2) is 0 Å². The molecule has 0 heterocycles. The minimum atomic E-state index is -0.172. The first kappa shape index (κ1) is 17.7. The van der Waals surface area contributed by atoms with Crippen LogP contribution in [0.3, 0.4) is 0 Å². The zero-order valence-electron chi connectivity index (χ0n) is 15.0. The van der Waals surface area contributed by atoms with E-state index >= 15 is 0 Å². The smallest absolute Gasteiger partial charge is 0.0614 e. The van der Waals surface area contributed by atoms with Gasteiger partial charge in [0.1, 0.15) is 0 Å². The number of aliphatic hydroxyl groups excluding tert-OH is 2. The van der Waals surface area contributed by atoms with Gasteiger partial charge in [0.05, 0.1) is 12.7 Å². The van der Waals surface area contributed by atoms with Crippen molar-refractivity contribution in [2.24, 2.45) is 22.7 Å². The van der Waals surface area contributed by atoms with Gasteiger partial charge in [-0.15, -0.1) is 0 Å². The lowest BCUT2D eigenvalue weighted by Gasteiger charge is -2.58. The van der Waals surface area contributed by atoms with Crippen molar-refractivity contribution in [1.29, 1.82) is 0 Å². The van der Waals surface area contributed by atoms with Crippen LogP contribution in [0, 0.1) is 22.7 Å². The lowest BCUT2D eigenvalue weighted by atomic mass is 9.47. The first-order chi connectivity index (χ1) is 10.2. The number of aliphatic hydroxyl groups is 2. The molecule has 126 valence electrons. The second-order valence-electron chi connectivity index (χ2n) is 8.44. The fourth-order valence-electron chi connectivity index (χ4n) is 5.22. The third-order valence-electron chi connectivity index (χ3n) is 6.80. The number of rotatable bonds is 4. The maximum absolute atomic E-state index is 10.5. The molecule has 2 heteroatoms. The largest absolute Gasteiger partial charge is 0.393 e. The molecule has 0 aliphatic heterocycles. The fourth-order valence-corrected chi connectivity index (χ4v) is 5.22. The van der Waals surface area contributed by atoms with Crippen LogP contribution in [-0.2, 0) is 0 Å². The van der Waals surface area contributed by atoms with Crippen molar-refractivity contribution >= 4 is 0 Å². The molecule has 2 nitrogen and oxygen atoms in total. The van der Waals surface area contributed by atoms with E-state index in [1.165, 1.54) is 11.1 Å². The van der Waals surface area contributed by atoms with Crippen LogP contribution >= 0.6 is 0 Å². The average Bonchev–Trinajstić information content (AvgIpc) is 2.43. The molecule has 2 N–H and O–H groups in total. The standard InChI is InChI=1S/C20H34O2/c1-14(11-13-21)6-8-16-15(2)7-9-17-19(3,4)18(22)10-12-20(16,17)5/h7,11,16-18,21-22H,6,8-10,12-13H2,1-5H3/b14-11+/t16-,17-,18-,20+/m1/s1. The molecule has 0 aromatic rings. The Hall–Kier alpha value is -0.600. The second kappa shape index (κ2) is 6.49. The summed E-state index contributed by atoms with van der Waals surface area (Å²) >= 11 is 0. The molecule has 2 rings (SSSR count). The van der Waals surface area contributed by atoms with E-state index in [0.717, 1.165) is 32.1 Å². The van der Waals surface area contributed by atoms with E-state index in [9.17, 15) is 5.11 Å². The lowest BCUT2D eigenvalue weighted by Crippen LogP contribution is -2.54. The van der Waals surface area contributed by atoms with Crippen molar-refractivity contribution in [1.82, 2.24) is 0 Å². The van der Waals surface area contributed by atoms with E-state index < -0.39 is 0 Å². The molecule has 0 unspecified atom stereocenters. The Kier molecular flexibility index (Phi) is 5.23. The SMILES string of the molecule is CC1=CC[C@@H]2C(C)(C)[C@H](O)CC[C@@]2(C)[C@@H]1CC/C(C)=C/CO. The molecule has 2 aliphatic rings. The van der Waals surface area contributed by atoms with Crippen molar-refractivity contribution in [2.45, 2.75) is 72.8 Å². The third kappa shape index (κ3) is 3.05. The molecule has 4 atom stereocenters. The topological polar surface area (TPSA) is 40.5 Å². The van der Waals surface area contributed by atoms with E-state index in [4.69, 9.17) is 5.11 Å². The highest BCUT2D eigenvalue weighted by atomic mass is 16.3. The van der Waals surface area contributed by atoms with Crippen molar-refractivity contribution in [3.63, 3.8) is 0 Å². The van der Waals surface area contributed by atoms with Crippen LogP contribution in [0.25, 0.3) is 0 Å². The molecule has 22 heavy (non-hydrogen) atoms. The van der Waals surface area contributed by atoms with Gasteiger partial charge in [0, 0.05) is 0 Å². The molecular weight excluding hydrogens is 272 g/mol. The molecule has 0 amide bonds. The van der Waals surface area contributed by atoms with Crippen LogP contribution in [0.5, 0.6) is 0 Å². The van der Waals surface area contributed by atoms with Crippen LogP contribution in [0.2, 0.25) is 0 Å². The Morgan fingerprint density at radius 2 is 2.05 bits per heavy atom. The molecule has 0 radical (unpaired) electrons. The first-order valence-electron chi connectivity index (χ1n) is 8.84. The number of allylic oxidation sites excluding steroid dienone is 3. The monoisotopic (exact) mass is 306 g/mol. The van der Waals surface area contributed by atoms with Crippen molar-refractivity contribution in [3.8, 4) is 0 Å². The number of hydrogen-bond donors (Lipinski definition) is 2. The third-order valence-corrected chi connectivity index (χ3v) is 6.80. The first-order valence-corrected chi connectivity index (χ1v) is 8.84. The van der Waals surface area contributed by atoms with Gasteiger partial charge in [-0.05, 0) is 68.6 Å². The molecule has 0 spiro atoms. The summed E-state index contributed by atoms with van der Waals surface area (Å²) in [5, 5.41) is 19.5. The quantitative estimate of drug-likeness (QED) is 0.752. The zero-order valence-corrected chi connectivity index (χ0v) is 15.0. The Bertz CT molecular complexity index is 460. The van der Waals surface area contributed by atoms with Gasteiger partial charge >= 0.3 is 0 Å². The van der Waals surface area contributed by atoms with Gasteiger partial charge in [-0.1, -0.05) is 44.1 Å². The van der Waals surface area contributed by atoms with Crippen LogP contribution in [0.15, 0.2) is 23.3 Å². The summed E-state index contributed by atoms with van der Waals surface area (Å²) in [6.07, 6.45) is 9.54. The van der Waals surface area contributed by atoms with Gasteiger partial charge in [0.15, 0.2) is 0 Å². The van der Waals surface area contributed by atoms with Crippen LogP contribution in [-0.4, -0.2) is 22.9 Å². The molecule has 2 aliphatic carbocycles. The molecule has 0 aromatic heterocycles. The van der Waals surface area contributed by atoms with E-state index in [-0.39, 0.29) is 18.1 Å². The van der Waals surface area contributed by atoms with E-state index in [0.29, 0.717) is 17.3 Å². The Morgan fingerprint density at radius 3 is 2.68 bits per heavy atom. The van der Waals surface area contributed by atoms with Gasteiger partial charge in [0.2, 0.25) is 0 Å². The summed E-state index contributed by atoms with van der Waals surface area (Å²) in [6.45, 7) is 11.5. The predicted octanol–water partition coefficient (Wildman–Crippen LogP) is 4.47. The van der Waals surface area contributed by atoms with Crippen molar-refractivity contribution in [2.75, 3.05) is 6.61 Å². The Balaban J connectivity index is 2.24. The van der Waals surface area contributed by atoms with Gasteiger partial charge in [-0.3, -0.25) is 0 Å². The molecule has 0 aromatic carbocycles. The minimum absolute atomic E-state index is 0.00156. The maximum Gasteiger partial charge on any atom is 0.0614 e. The summed E-state index contributed by atoms with van der Waals surface area (Å²) in [4.78, 5) is 0. The minimum Gasteiger partial charge on any atom is -0.393 e. The molecule has 1 saturated carbocycles. The summed E-state index contributed by atoms with van der Waals surface area (Å²) in [5.41, 5.74) is 3.11. The Labute approximate surface area is 136 Å². The lowest BCUT2D eigenvalue weighted by molar-refractivity contribution is -0.115. The van der Waals surface area contributed by atoms with E-state index in [1.807, 2.05) is 6.08 Å². The fraction of sp³-hybridized carbons (Fsp3) is 0.800. The zero-order chi connectivity index (χ0) is 16.5. The van der Waals surface area contributed by atoms with Crippen LogP contribution in [0.1, 0.15) is 66.7 Å². The highest BCUT2D eigenvalue weighted by molar-refractivity contribution is 5.19. The molecule has 0 bridgehead atoms. The highest BCUT2D eigenvalue weighted by Gasteiger charge is 2.54. The van der Waals surface area contributed by atoms with Crippen molar-refractivity contribution < 1.29 is 10.2 Å². The van der Waals surface area contributed by atoms with Crippen molar-refractivity contribution in [3.05, 3.63) is 23.3 Å². The van der Waals surface area contributed by atoms with Crippen LogP contribution < -0.4 is 0 Å².